The van der Waals surface area contributed by atoms with Crippen molar-refractivity contribution in [2.24, 2.45) is 5.73 Å². The lowest BCUT2D eigenvalue weighted by molar-refractivity contribution is 0.727. The summed E-state index contributed by atoms with van der Waals surface area (Å²) in [4.78, 5) is 6.55. The Hall–Kier alpha value is -2.07. The zero-order valence-corrected chi connectivity index (χ0v) is 13.1. The van der Waals surface area contributed by atoms with Crippen LogP contribution in [0.2, 0.25) is 5.02 Å². The number of nitrogens with one attached hydrogen (secondary N) is 1. The number of benzene rings is 1. The van der Waals surface area contributed by atoms with E-state index < -0.39 is 0 Å². The van der Waals surface area contributed by atoms with Gasteiger partial charge in [-0.1, -0.05) is 29.8 Å². The Morgan fingerprint density at radius 3 is 2.62 bits per heavy atom. The summed E-state index contributed by atoms with van der Waals surface area (Å²) in [6.45, 7) is 3.96. The van der Waals surface area contributed by atoms with Crippen molar-refractivity contribution in [3.05, 3.63) is 58.2 Å². The van der Waals surface area contributed by atoms with Gasteiger partial charge in [0.1, 0.15) is 11.7 Å². The van der Waals surface area contributed by atoms with Crippen LogP contribution >= 0.6 is 11.6 Å². The highest BCUT2D eigenvalue weighted by molar-refractivity contribution is 6.31. The molecule has 1 atom stereocenters. The average Bonchev–Trinajstić information content (AvgIpc) is 2.45. The number of hydrogen-bond donors (Lipinski definition) is 2. The van der Waals surface area contributed by atoms with Gasteiger partial charge in [-0.25, -0.2) is 4.98 Å². The highest BCUT2D eigenvalue weighted by Gasteiger charge is 2.17. The minimum atomic E-state index is 0.0422. The van der Waals surface area contributed by atoms with Gasteiger partial charge in [0.15, 0.2) is 0 Å². The monoisotopic (exact) mass is 302 g/mol. The number of halogens is 1. The zero-order valence-electron chi connectivity index (χ0n) is 12.4. The van der Waals surface area contributed by atoms with Crippen LogP contribution in [0.3, 0.4) is 0 Å². The topological polar surface area (TPSA) is 66.0 Å². The molecule has 1 aromatic heterocycles. The van der Waals surface area contributed by atoms with Gasteiger partial charge in [0.2, 0.25) is 0 Å². The zero-order chi connectivity index (χ0) is 15.6. The molecule has 0 saturated heterocycles. The largest absolute Gasteiger partial charge is 0.384 e. The Balaban J connectivity index is 2.38. The molecule has 0 fully saturated rings. The van der Waals surface area contributed by atoms with Gasteiger partial charge in [-0.05, 0) is 37.6 Å². The molecule has 110 valence electrons. The first-order valence-corrected chi connectivity index (χ1v) is 7.08. The molecule has 0 saturated carbocycles. The fourth-order valence-corrected chi connectivity index (χ4v) is 2.50. The van der Waals surface area contributed by atoms with Crippen molar-refractivity contribution in [3.8, 4) is 0 Å². The lowest BCUT2D eigenvalue weighted by atomic mass is 10.1. The van der Waals surface area contributed by atoms with E-state index in [-0.39, 0.29) is 11.9 Å². The third kappa shape index (κ3) is 3.34. The predicted molar refractivity (Wildman–Crippen MR) is 88.3 cm³/mol. The highest BCUT2D eigenvalue weighted by atomic mass is 35.5. The number of anilines is 1. The van der Waals surface area contributed by atoms with Crippen molar-refractivity contribution >= 4 is 23.3 Å². The van der Waals surface area contributed by atoms with Crippen molar-refractivity contribution in [1.82, 2.24) is 4.98 Å². The summed E-state index contributed by atoms with van der Waals surface area (Å²) in [6.07, 6.45) is 0. The molecule has 0 radical (unpaired) electrons. The third-order valence-electron chi connectivity index (χ3n) is 3.55. The minimum absolute atomic E-state index is 0.0422. The molecule has 0 aliphatic carbocycles. The SMILES string of the molecule is Cc1cc(C(=N)N)cc(N(C)C(C)c2ccccc2Cl)n1. The second-order valence-corrected chi connectivity index (χ2v) is 5.48. The molecule has 4 nitrogen and oxygen atoms in total. The number of hydrogen-bond acceptors (Lipinski definition) is 3. The van der Waals surface area contributed by atoms with Crippen LogP contribution in [0.5, 0.6) is 0 Å². The number of pyridine rings is 1. The van der Waals surface area contributed by atoms with E-state index in [2.05, 4.69) is 11.9 Å². The summed E-state index contributed by atoms with van der Waals surface area (Å²) in [5.41, 5.74) is 8.12. The summed E-state index contributed by atoms with van der Waals surface area (Å²) in [6, 6.07) is 11.5. The van der Waals surface area contributed by atoms with Crippen LogP contribution in [-0.2, 0) is 0 Å². The number of nitrogen functional groups attached to an aromatic ring is 1. The van der Waals surface area contributed by atoms with Crippen molar-refractivity contribution in [3.63, 3.8) is 0 Å². The first-order valence-electron chi connectivity index (χ1n) is 6.70. The lowest BCUT2D eigenvalue weighted by Gasteiger charge is -2.27. The third-order valence-corrected chi connectivity index (χ3v) is 3.89. The molecule has 0 spiro atoms. The second kappa shape index (κ2) is 6.14. The fraction of sp³-hybridized carbons (Fsp3) is 0.250. The van der Waals surface area contributed by atoms with Crippen LogP contribution < -0.4 is 10.6 Å². The van der Waals surface area contributed by atoms with Gasteiger partial charge in [-0.2, -0.15) is 0 Å². The summed E-state index contributed by atoms with van der Waals surface area (Å²) in [5.74, 6) is 0.813. The standard InChI is InChI=1S/C16H19ClN4/c1-10-8-12(16(18)19)9-15(20-10)21(3)11(2)13-6-4-5-7-14(13)17/h4-9,11H,1-3H3,(H3,18,19). The fourth-order valence-electron chi connectivity index (χ4n) is 2.21. The maximum absolute atomic E-state index is 7.59. The Kier molecular flexibility index (Phi) is 4.48. The van der Waals surface area contributed by atoms with Crippen LogP contribution in [-0.4, -0.2) is 17.9 Å². The molecule has 0 aliphatic heterocycles. The number of nitrogens with two attached hydrogens (primary N) is 1. The van der Waals surface area contributed by atoms with Crippen molar-refractivity contribution in [2.75, 3.05) is 11.9 Å². The van der Waals surface area contributed by atoms with Gasteiger partial charge in [-0.15, -0.1) is 0 Å². The number of aryl methyl sites for hydroxylation is 1. The van der Waals surface area contributed by atoms with Gasteiger partial charge in [0.25, 0.3) is 0 Å². The van der Waals surface area contributed by atoms with Crippen molar-refractivity contribution < 1.29 is 0 Å². The Morgan fingerprint density at radius 1 is 1.33 bits per heavy atom. The van der Waals surface area contributed by atoms with E-state index in [0.29, 0.717) is 5.56 Å². The molecular weight excluding hydrogens is 284 g/mol. The molecule has 0 aliphatic rings. The number of amidine groups is 1. The van der Waals surface area contributed by atoms with E-state index in [9.17, 15) is 0 Å². The minimum Gasteiger partial charge on any atom is -0.384 e. The van der Waals surface area contributed by atoms with Crippen molar-refractivity contribution in [2.45, 2.75) is 19.9 Å². The number of rotatable bonds is 4. The first-order chi connectivity index (χ1) is 9.90. The summed E-state index contributed by atoms with van der Waals surface area (Å²) < 4.78 is 0. The highest BCUT2D eigenvalue weighted by Crippen LogP contribution is 2.29. The molecule has 0 amide bonds. The number of aromatic nitrogens is 1. The maximum Gasteiger partial charge on any atom is 0.129 e. The van der Waals surface area contributed by atoms with E-state index in [1.54, 1.807) is 6.07 Å². The quantitative estimate of drug-likeness (QED) is 0.671. The van der Waals surface area contributed by atoms with Crippen LogP contribution in [0.1, 0.15) is 29.8 Å². The van der Waals surface area contributed by atoms with Crippen LogP contribution in [0, 0.1) is 12.3 Å². The van der Waals surface area contributed by atoms with E-state index >= 15 is 0 Å². The molecule has 1 aromatic carbocycles. The molecule has 1 unspecified atom stereocenters. The normalized spacial score (nSPS) is 12.0. The van der Waals surface area contributed by atoms with Gasteiger partial charge < -0.3 is 10.6 Å². The molecule has 2 aromatic rings. The lowest BCUT2D eigenvalue weighted by Crippen LogP contribution is -2.24. The summed E-state index contributed by atoms with van der Waals surface area (Å²) >= 11 is 6.26. The van der Waals surface area contributed by atoms with E-state index in [4.69, 9.17) is 22.7 Å². The molecule has 5 heteroatoms. The molecule has 2 rings (SSSR count). The molecule has 21 heavy (non-hydrogen) atoms. The van der Waals surface area contributed by atoms with Gasteiger partial charge in [0, 0.05) is 23.3 Å². The van der Waals surface area contributed by atoms with Crippen LogP contribution in [0.4, 0.5) is 5.82 Å². The van der Waals surface area contributed by atoms with Crippen LogP contribution in [0.25, 0.3) is 0 Å². The number of nitrogens with zero attached hydrogens (tertiary/aromatic N) is 2. The van der Waals surface area contributed by atoms with Crippen molar-refractivity contribution in [1.29, 1.82) is 5.41 Å². The summed E-state index contributed by atoms with van der Waals surface area (Å²) in [7, 11) is 1.96. The van der Waals surface area contributed by atoms with Gasteiger partial charge in [0.05, 0.1) is 6.04 Å². The maximum atomic E-state index is 7.59. The van der Waals surface area contributed by atoms with Gasteiger partial charge >= 0.3 is 0 Å². The molecule has 1 heterocycles. The molecule has 3 N–H and O–H groups in total. The Morgan fingerprint density at radius 2 is 2.00 bits per heavy atom. The van der Waals surface area contributed by atoms with E-state index in [1.165, 1.54) is 0 Å². The average molecular weight is 303 g/mol. The first kappa shape index (κ1) is 15.3. The second-order valence-electron chi connectivity index (χ2n) is 5.08. The summed E-state index contributed by atoms with van der Waals surface area (Å²) in [5, 5.41) is 8.32. The molecule has 0 bridgehead atoms. The van der Waals surface area contributed by atoms with Crippen LogP contribution in [0.15, 0.2) is 36.4 Å². The van der Waals surface area contributed by atoms with E-state index in [1.807, 2.05) is 49.2 Å². The van der Waals surface area contributed by atoms with Gasteiger partial charge in [-0.3, -0.25) is 5.41 Å². The smallest absolute Gasteiger partial charge is 0.129 e. The van der Waals surface area contributed by atoms with E-state index in [0.717, 1.165) is 22.1 Å². The Bertz CT molecular complexity index is 669. The predicted octanol–water partition coefficient (Wildman–Crippen LogP) is 3.52. The molecular formula is C16H19ClN4. The Labute approximate surface area is 130 Å².